The van der Waals surface area contributed by atoms with E-state index in [0.717, 1.165) is 16.8 Å². The number of hydrogen-bond acceptors (Lipinski definition) is 3. The van der Waals surface area contributed by atoms with Gasteiger partial charge in [0.1, 0.15) is 5.75 Å². The summed E-state index contributed by atoms with van der Waals surface area (Å²) in [7, 11) is 0.680. The lowest BCUT2D eigenvalue weighted by Gasteiger charge is -2.10. The summed E-state index contributed by atoms with van der Waals surface area (Å²) in [5.74, 6) is 0.589. The van der Waals surface area contributed by atoms with Crippen molar-refractivity contribution in [2.45, 2.75) is 13.8 Å². The summed E-state index contributed by atoms with van der Waals surface area (Å²) in [4.78, 5) is 4.38. The Morgan fingerprint density at radius 3 is 2.65 bits per heavy atom. The number of aryl methyl sites for hydroxylation is 2. The summed E-state index contributed by atoms with van der Waals surface area (Å²) in [6.07, 6.45) is 1.84. The Bertz CT molecular complexity index is 529. The van der Waals surface area contributed by atoms with Gasteiger partial charge in [-0.05, 0) is 43.2 Å². The quantitative estimate of drug-likeness (QED) is 0.816. The van der Waals surface area contributed by atoms with E-state index in [0.29, 0.717) is 13.4 Å². The van der Waals surface area contributed by atoms with Gasteiger partial charge in [-0.25, -0.2) is 0 Å². The Morgan fingerprint density at radius 2 is 1.94 bits per heavy atom. The first kappa shape index (κ1) is 11.7. The smallest absolute Gasteiger partial charge is 0.537 e. The average Bonchev–Trinajstić information content (AvgIpc) is 2.34. The van der Waals surface area contributed by atoms with Gasteiger partial charge in [0.05, 0.1) is 5.69 Å². The van der Waals surface area contributed by atoms with Crippen molar-refractivity contribution in [3.8, 4) is 17.0 Å². The van der Waals surface area contributed by atoms with Crippen LogP contribution in [0.25, 0.3) is 11.3 Å². The summed E-state index contributed by atoms with van der Waals surface area (Å²) < 4.78 is 5.05. The number of hydrogen-bond donors (Lipinski definition) is 1. The molecule has 0 spiro atoms. The number of nitrogens with zero attached hydrogens (tertiary/aromatic N) is 1. The van der Waals surface area contributed by atoms with E-state index in [9.17, 15) is 0 Å². The van der Waals surface area contributed by atoms with Crippen LogP contribution in [0.1, 0.15) is 11.1 Å². The number of benzene rings is 1. The van der Waals surface area contributed by atoms with Crippen molar-refractivity contribution in [3.63, 3.8) is 0 Å². The highest BCUT2D eigenvalue weighted by atomic mass is 16.5. The van der Waals surface area contributed by atoms with E-state index in [1.165, 1.54) is 5.56 Å². The Morgan fingerprint density at radius 1 is 1.18 bits per heavy atom. The molecule has 0 amide bonds. The molecule has 4 heteroatoms. The molecule has 0 saturated carbocycles. The summed E-state index contributed by atoms with van der Waals surface area (Å²) in [6, 6.07) is 9.48. The third-order valence-electron chi connectivity index (χ3n) is 2.72. The van der Waals surface area contributed by atoms with Crippen LogP contribution in [-0.4, -0.2) is 17.7 Å². The van der Waals surface area contributed by atoms with Gasteiger partial charge in [0, 0.05) is 11.8 Å². The molecule has 1 radical (unpaired) electrons. The molecule has 2 aromatic rings. The second-order valence-corrected chi connectivity index (χ2v) is 3.87. The van der Waals surface area contributed by atoms with Crippen molar-refractivity contribution in [3.05, 3.63) is 47.7 Å². The minimum atomic E-state index is 0.589. The highest BCUT2D eigenvalue weighted by molar-refractivity contribution is 6.17. The third-order valence-corrected chi connectivity index (χ3v) is 2.72. The van der Waals surface area contributed by atoms with Crippen LogP contribution in [0.15, 0.2) is 36.5 Å². The van der Waals surface area contributed by atoms with Crippen molar-refractivity contribution in [2.24, 2.45) is 0 Å². The van der Waals surface area contributed by atoms with Crippen molar-refractivity contribution in [1.82, 2.24) is 4.98 Å². The van der Waals surface area contributed by atoms with E-state index < -0.39 is 0 Å². The van der Waals surface area contributed by atoms with Crippen LogP contribution >= 0.6 is 0 Å². The first-order valence-electron chi connectivity index (χ1n) is 5.37. The van der Waals surface area contributed by atoms with Crippen molar-refractivity contribution in [1.29, 1.82) is 0 Å². The standard InChI is InChI=1S/C13H13BNO2/c1-9-7-12(15-8-10(9)2)11-5-3-4-6-13(11)17-14-16/h3-8,16H,1-2H3. The largest absolute Gasteiger partial charge is 0.569 e. The molecule has 0 unspecified atom stereocenters. The van der Waals surface area contributed by atoms with Crippen LogP contribution in [-0.2, 0) is 0 Å². The first-order valence-corrected chi connectivity index (χ1v) is 5.37. The molecule has 0 bridgehead atoms. The second kappa shape index (κ2) is 5.02. The van der Waals surface area contributed by atoms with Crippen LogP contribution in [0.5, 0.6) is 5.75 Å². The summed E-state index contributed by atoms with van der Waals surface area (Å²) >= 11 is 0. The maximum absolute atomic E-state index is 8.72. The zero-order valence-corrected chi connectivity index (χ0v) is 9.84. The topological polar surface area (TPSA) is 42.4 Å². The Kier molecular flexibility index (Phi) is 3.45. The molecule has 3 nitrogen and oxygen atoms in total. The number of rotatable bonds is 3. The van der Waals surface area contributed by atoms with Gasteiger partial charge in [0.15, 0.2) is 0 Å². The molecule has 2 rings (SSSR count). The zero-order chi connectivity index (χ0) is 12.3. The van der Waals surface area contributed by atoms with E-state index in [1.807, 2.05) is 44.3 Å². The second-order valence-electron chi connectivity index (χ2n) is 3.87. The number of para-hydroxylation sites is 1. The van der Waals surface area contributed by atoms with Gasteiger partial charge in [-0.1, -0.05) is 12.1 Å². The van der Waals surface area contributed by atoms with Crippen molar-refractivity contribution in [2.75, 3.05) is 0 Å². The molecule has 1 N–H and O–H groups in total. The van der Waals surface area contributed by atoms with Crippen LogP contribution in [0.4, 0.5) is 0 Å². The van der Waals surface area contributed by atoms with E-state index in [-0.39, 0.29) is 0 Å². The monoisotopic (exact) mass is 226 g/mol. The van der Waals surface area contributed by atoms with Gasteiger partial charge in [-0.15, -0.1) is 0 Å². The van der Waals surface area contributed by atoms with E-state index in [2.05, 4.69) is 4.98 Å². The highest BCUT2D eigenvalue weighted by Crippen LogP contribution is 2.28. The molecule has 0 atom stereocenters. The lowest BCUT2D eigenvalue weighted by Crippen LogP contribution is -2.01. The van der Waals surface area contributed by atoms with Crippen LogP contribution in [0, 0.1) is 13.8 Å². The molecule has 0 fully saturated rings. The summed E-state index contributed by atoms with van der Waals surface area (Å²) in [5, 5.41) is 8.72. The minimum Gasteiger partial charge on any atom is -0.537 e. The fourth-order valence-electron chi connectivity index (χ4n) is 1.61. The molecule has 1 aromatic carbocycles. The Labute approximate surface area is 101 Å². The molecule has 0 saturated heterocycles. The molecule has 17 heavy (non-hydrogen) atoms. The van der Waals surface area contributed by atoms with Gasteiger partial charge < -0.3 is 9.68 Å². The van der Waals surface area contributed by atoms with Gasteiger partial charge in [-0.3, -0.25) is 4.98 Å². The molecule has 0 aliphatic carbocycles. The van der Waals surface area contributed by atoms with Crippen molar-refractivity contribution >= 4 is 7.69 Å². The maximum atomic E-state index is 8.72. The molecule has 0 aliphatic heterocycles. The zero-order valence-electron chi connectivity index (χ0n) is 9.84. The third kappa shape index (κ3) is 2.48. The SMILES string of the molecule is Cc1cnc(-c2ccccc2O[B]O)cc1C. The lowest BCUT2D eigenvalue weighted by molar-refractivity contribution is 0.454. The molecule has 1 aromatic heterocycles. The highest BCUT2D eigenvalue weighted by Gasteiger charge is 2.08. The fraction of sp³-hybridized carbons (Fsp3) is 0.154. The predicted octanol–water partition coefficient (Wildman–Crippen LogP) is 2.27. The van der Waals surface area contributed by atoms with E-state index >= 15 is 0 Å². The summed E-state index contributed by atoms with van der Waals surface area (Å²) in [5.41, 5.74) is 4.03. The molecule has 1 heterocycles. The summed E-state index contributed by atoms with van der Waals surface area (Å²) in [6.45, 7) is 4.07. The van der Waals surface area contributed by atoms with E-state index in [1.54, 1.807) is 6.07 Å². The Balaban J connectivity index is 2.48. The Hall–Kier alpha value is -1.81. The average molecular weight is 226 g/mol. The fourth-order valence-corrected chi connectivity index (χ4v) is 1.61. The van der Waals surface area contributed by atoms with Gasteiger partial charge in [0.2, 0.25) is 0 Å². The first-order chi connectivity index (χ1) is 8.22. The van der Waals surface area contributed by atoms with Gasteiger partial charge in [0.25, 0.3) is 0 Å². The van der Waals surface area contributed by atoms with E-state index in [4.69, 9.17) is 9.68 Å². The molecular weight excluding hydrogens is 213 g/mol. The van der Waals surface area contributed by atoms with Crippen molar-refractivity contribution < 1.29 is 9.68 Å². The lowest BCUT2D eigenvalue weighted by atomic mass is 10.1. The van der Waals surface area contributed by atoms with Gasteiger partial charge in [-0.2, -0.15) is 0 Å². The molecular formula is C13H13BNO2. The number of pyridine rings is 1. The maximum Gasteiger partial charge on any atom is 0.569 e. The minimum absolute atomic E-state index is 0.589. The number of aromatic nitrogens is 1. The van der Waals surface area contributed by atoms with Crippen LogP contribution in [0.2, 0.25) is 0 Å². The molecule has 85 valence electrons. The normalized spacial score (nSPS) is 10.1. The van der Waals surface area contributed by atoms with Crippen LogP contribution < -0.4 is 4.65 Å². The van der Waals surface area contributed by atoms with Gasteiger partial charge >= 0.3 is 7.69 Å². The van der Waals surface area contributed by atoms with Crippen LogP contribution in [0.3, 0.4) is 0 Å². The molecule has 0 aliphatic rings. The predicted molar refractivity (Wildman–Crippen MR) is 67.7 cm³/mol.